The molecule has 3 aromatic heterocycles. The maximum absolute atomic E-state index is 11.5. The van der Waals surface area contributed by atoms with Gasteiger partial charge in [0.25, 0.3) is 0 Å². The molecule has 2 atom stereocenters. The van der Waals surface area contributed by atoms with Gasteiger partial charge in [0.1, 0.15) is 0 Å². The van der Waals surface area contributed by atoms with Gasteiger partial charge in [-0.3, -0.25) is 9.59 Å². The summed E-state index contributed by atoms with van der Waals surface area (Å²) in [4.78, 5) is 32.6. The number of methoxy groups -OCH3 is 1. The van der Waals surface area contributed by atoms with Gasteiger partial charge in [0.15, 0.2) is 5.65 Å². The van der Waals surface area contributed by atoms with E-state index < -0.39 is 0 Å². The number of carbonyl (C=O) groups excluding carboxylic acids is 2. The summed E-state index contributed by atoms with van der Waals surface area (Å²) in [5.74, 6) is 0.712. The molecule has 5 aromatic rings. The number of aromatic nitrogens is 4. The van der Waals surface area contributed by atoms with Crippen LogP contribution in [0.15, 0.2) is 60.9 Å². The molecule has 7 rings (SSSR count). The minimum absolute atomic E-state index is 0.0996. The highest BCUT2D eigenvalue weighted by atomic mass is 35.5. The summed E-state index contributed by atoms with van der Waals surface area (Å²) in [6, 6.07) is 15.9. The zero-order chi connectivity index (χ0) is 34.8. The van der Waals surface area contributed by atoms with Crippen molar-refractivity contribution >= 4 is 40.7 Å². The maximum atomic E-state index is 11.5. The number of carbonyl (C=O) groups is 2. The maximum Gasteiger partial charge on any atom is 0.220 e. The van der Waals surface area contributed by atoms with Crippen molar-refractivity contribution in [1.82, 2.24) is 40.8 Å². The molecule has 2 aromatic carbocycles. The number of hydrogen-bond acceptors (Lipinski definition) is 8. The Balaban J connectivity index is 1.11. The first kappa shape index (κ1) is 33.9. The normalized spacial score (nSPS) is 17.4. The molecular formula is C37H38Cl2N8O3. The van der Waals surface area contributed by atoms with Crippen LogP contribution in [-0.2, 0) is 22.7 Å². The van der Waals surface area contributed by atoms with Gasteiger partial charge in [0.05, 0.1) is 28.5 Å². The van der Waals surface area contributed by atoms with Gasteiger partial charge >= 0.3 is 0 Å². The van der Waals surface area contributed by atoms with Gasteiger partial charge in [-0.25, -0.2) is 14.5 Å². The lowest BCUT2D eigenvalue weighted by Crippen LogP contribution is -2.35. The largest absolute Gasteiger partial charge is 0.481 e. The number of aryl methyl sites for hydroxylation is 1. The van der Waals surface area contributed by atoms with E-state index in [9.17, 15) is 9.59 Å². The first-order chi connectivity index (χ1) is 24.3. The highest BCUT2D eigenvalue weighted by Gasteiger charge is 2.22. The van der Waals surface area contributed by atoms with Crippen molar-refractivity contribution in [2.75, 3.05) is 20.2 Å². The van der Waals surface area contributed by atoms with Crippen LogP contribution < -0.4 is 26.0 Å². The predicted octanol–water partition coefficient (Wildman–Crippen LogP) is 5.49. The van der Waals surface area contributed by atoms with Crippen molar-refractivity contribution in [1.29, 1.82) is 0 Å². The molecule has 13 heteroatoms. The monoisotopic (exact) mass is 712 g/mol. The van der Waals surface area contributed by atoms with E-state index in [0.717, 1.165) is 63.1 Å². The van der Waals surface area contributed by atoms with Gasteiger partial charge in [-0.05, 0) is 25.8 Å². The summed E-state index contributed by atoms with van der Waals surface area (Å²) >= 11 is 14.2. The Morgan fingerprint density at radius 3 is 2.12 bits per heavy atom. The summed E-state index contributed by atoms with van der Waals surface area (Å²) in [7, 11) is 1.60. The fraction of sp³-hybridized carbons (Fsp3) is 0.324. The topological polar surface area (TPSA) is 135 Å². The smallest absolute Gasteiger partial charge is 0.220 e. The average molecular weight is 714 g/mol. The molecule has 2 aliphatic rings. The summed E-state index contributed by atoms with van der Waals surface area (Å²) in [6.07, 6.45) is 6.59. The predicted molar refractivity (Wildman–Crippen MR) is 194 cm³/mol. The Hall–Kier alpha value is -4.55. The molecule has 2 amide bonds. The van der Waals surface area contributed by atoms with Gasteiger partial charge in [0, 0.05) is 102 Å². The molecule has 0 bridgehead atoms. The second-order valence-corrected chi connectivity index (χ2v) is 13.5. The molecule has 0 aliphatic carbocycles. The van der Waals surface area contributed by atoms with E-state index in [2.05, 4.69) is 21.3 Å². The number of amides is 2. The molecule has 0 unspecified atom stereocenters. The molecule has 2 fully saturated rings. The molecule has 11 nitrogen and oxygen atoms in total. The highest BCUT2D eigenvalue weighted by Crippen LogP contribution is 2.42. The lowest BCUT2D eigenvalue weighted by atomic mass is 9.97. The Labute approximate surface area is 300 Å². The number of ether oxygens (including phenoxy) is 1. The Kier molecular flexibility index (Phi) is 10.0. The van der Waals surface area contributed by atoms with Crippen LogP contribution >= 0.6 is 23.2 Å². The number of rotatable bonds is 12. The van der Waals surface area contributed by atoms with Crippen molar-refractivity contribution in [2.45, 2.75) is 57.8 Å². The number of nitrogens with zero attached hydrogens (tertiary/aromatic N) is 4. The molecule has 4 N–H and O–H groups in total. The zero-order valence-electron chi connectivity index (χ0n) is 27.9. The molecule has 50 heavy (non-hydrogen) atoms. The molecule has 0 saturated carbocycles. The van der Waals surface area contributed by atoms with Crippen LogP contribution in [0.25, 0.3) is 39.2 Å². The minimum atomic E-state index is 0.0996. The van der Waals surface area contributed by atoms with Crippen LogP contribution in [-0.4, -0.2) is 63.7 Å². The lowest BCUT2D eigenvalue weighted by Gasteiger charge is -2.15. The lowest BCUT2D eigenvalue weighted by molar-refractivity contribution is -0.120. The number of nitrogens with one attached hydrogen (secondary N) is 4. The van der Waals surface area contributed by atoms with Gasteiger partial charge < -0.3 is 26.0 Å². The second-order valence-electron chi connectivity index (χ2n) is 12.7. The van der Waals surface area contributed by atoms with Gasteiger partial charge in [-0.2, -0.15) is 5.10 Å². The van der Waals surface area contributed by atoms with Gasteiger partial charge in [-0.15, -0.1) is 0 Å². The van der Waals surface area contributed by atoms with Gasteiger partial charge in [-0.1, -0.05) is 65.7 Å². The van der Waals surface area contributed by atoms with E-state index in [0.29, 0.717) is 60.6 Å². The van der Waals surface area contributed by atoms with Crippen LogP contribution in [0.5, 0.6) is 5.88 Å². The standard InChI is InChI=1S/C37H38Cl2N8O3/c1-21-30(19-41-18-25-11-14-33(49)44-25)36-42-16-23(20-47(36)46-21)26-5-3-6-27(34(26)38)28-7-4-8-29(35(28)39)31-12-9-22(37(45-31)50-2)15-40-17-24-10-13-32(48)43-24/h3-9,12,16,20,24-25,40-41H,10-11,13-15,17-19H2,1-2H3,(H,43,48)(H,44,49)/t24-,25-/m0/s1. The molecule has 258 valence electrons. The average Bonchev–Trinajstić information content (AvgIpc) is 3.82. The van der Waals surface area contributed by atoms with E-state index in [4.69, 9.17) is 43.0 Å². The number of benzene rings is 2. The minimum Gasteiger partial charge on any atom is -0.481 e. The fourth-order valence-electron chi connectivity index (χ4n) is 6.68. The third-order valence-corrected chi connectivity index (χ3v) is 10.2. The highest BCUT2D eigenvalue weighted by molar-refractivity contribution is 6.39. The first-order valence-electron chi connectivity index (χ1n) is 16.7. The summed E-state index contributed by atoms with van der Waals surface area (Å²) in [6.45, 7) is 4.50. The van der Waals surface area contributed by atoms with E-state index >= 15 is 0 Å². The van der Waals surface area contributed by atoms with Crippen molar-refractivity contribution in [2.24, 2.45) is 0 Å². The van der Waals surface area contributed by atoms with Crippen molar-refractivity contribution in [3.63, 3.8) is 0 Å². The third-order valence-electron chi connectivity index (χ3n) is 9.34. The summed E-state index contributed by atoms with van der Waals surface area (Å²) in [5, 5.41) is 18.6. The first-order valence-corrected chi connectivity index (χ1v) is 17.5. The molecule has 0 radical (unpaired) electrons. The van der Waals surface area contributed by atoms with E-state index in [1.165, 1.54) is 0 Å². The number of hydrogen-bond donors (Lipinski definition) is 4. The van der Waals surface area contributed by atoms with Gasteiger partial charge in [0.2, 0.25) is 17.7 Å². The Morgan fingerprint density at radius 1 is 0.860 bits per heavy atom. The number of pyridine rings is 1. The molecule has 2 saturated heterocycles. The number of halogens is 2. The quantitative estimate of drug-likeness (QED) is 0.134. The van der Waals surface area contributed by atoms with E-state index in [-0.39, 0.29) is 23.9 Å². The van der Waals surface area contributed by atoms with Crippen LogP contribution in [0.2, 0.25) is 10.0 Å². The number of fused-ring (bicyclic) bond motifs is 1. The Bertz CT molecular complexity index is 2080. The molecular weight excluding hydrogens is 675 g/mol. The van der Waals surface area contributed by atoms with Crippen molar-refractivity contribution in [3.05, 3.63) is 87.8 Å². The van der Waals surface area contributed by atoms with Crippen LogP contribution in [0.1, 0.15) is 42.5 Å². The molecule has 2 aliphatic heterocycles. The fourth-order valence-corrected chi connectivity index (χ4v) is 7.34. The molecule has 5 heterocycles. The van der Waals surface area contributed by atoms with Crippen molar-refractivity contribution in [3.8, 4) is 39.4 Å². The van der Waals surface area contributed by atoms with E-state index in [1.54, 1.807) is 11.6 Å². The molecule has 0 spiro atoms. The second kappa shape index (κ2) is 14.7. The Morgan fingerprint density at radius 2 is 1.48 bits per heavy atom. The van der Waals surface area contributed by atoms with Crippen LogP contribution in [0.4, 0.5) is 0 Å². The summed E-state index contributed by atoms with van der Waals surface area (Å²) in [5.41, 5.74) is 8.18. The summed E-state index contributed by atoms with van der Waals surface area (Å²) < 4.78 is 7.45. The van der Waals surface area contributed by atoms with Crippen LogP contribution in [0.3, 0.4) is 0 Å². The SMILES string of the molecule is COc1nc(-c2cccc(-c3cccc(-c4cnc5c(CNC[C@@H]6CCC(=O)N6)c(C)nn5c4)c3Cl)c2Cl)ccc1CNC[C@@H]1CCC(=O)N1. The zero-order valence-corrected chi connectivity index (χ0v) is 29.4. The van der Waals surface area contributed by atoms with Crippen LogP contribution in [0, 0.1) is 6.92 Å². The third kappa shape index (κ3) is 7.04. The van der Waals surface area contributed by atoms with E-state index in [1.807, 2.05) is 67.8 Å². The van der Waals surface area contributed by atoms with Crippen molar-refractivity contribution < 1.29 is 14.3 Å².